The van der Waals surface area contributed by atoms with Crippen molar-refractivity contribution in [2.45, 2.75) is 18.8 Å². The highest BCUT2D eigenvalue weighted by atomic mass is 19.1. The number of rotatable bonds is 8. The summed E-state index contributed by atoms with van der Waals surface area (Å²) in [5.41, 5.74) is 1.40. The Morgan fingerprint density at radius 1 is 0.806 bits per heavy atom. The van der Waals surface area contributed by atoms with Crippen LogP contribution in [0.15, 0.2) is 84.9 Å². The average molecular weight is 415 g/mol. The minimum atomic E-state index is -1.17. The van der Waals surface area contributed by atoms with Gasteiger partial charge in [-0.1, -0.05) is 48.5 Å². The second-order valence-electron chi connectivity index (χ2n) is 7.77. The van der Waals surface area contributed by atoms with Gasteiger partial charge in [-0.2, -0.15) is 0 Å². The molecule has 0 aromatic heterocycles. The molecule has 3 aromatic rings. The van der Waals surface area contributed by atoms with Crippen LogP contribution in [0.1, 0.15) is 34.7 Å². The number of amides is 1. The van der Waals surface area contributed by atoms with E-state index >= 15 is 0 Å². The van der Waals surface area contributed by atoms with E-state index in [9.17, 15) is 18.8 Å². The predicted molar refractivity (Wildman–Crippen MR) is 116 cm³/mol. The summed E-state index contributed by atoms with van der Waals surface area (Å²) in [7, 11) is 0. The van der Waals surface area contributed by atoms with Crippen LogP contribution in [-0.4, -0.2) is 17.5 Å². The highest BCUT2D eigenvalue weighted by molar-refractivity contribution is 6.15. The fourth-order valence-electron chi connectivity index (χ4n) is 3.76. The van der Waals surface area contributed by atoms with Gasteiger partial charge in [-0.05, 0) is 54.8 Å². The van der Waals surface area contributed by atoms with E-state index in [1.165, 1.54) is 24.3 Å². The number of halogens is 1. The molecule has 3 aromatic carbocycles. The maximum Gasteiger partial charge on any atom is 0.236 e. The molecule has 0 heterocycles. The fourth-order valence-corrected chi connectivity index (χ4v) is 3.76. The molecule has 1 aliphatic carbocycles. The van der Waals surface area contributed by atoms with Crippen molar-refractivity contribution >= 4 is 23.2 Å². The van der Waals surface area contributed by atoms with Crippen molar-refractivity contribution in [2.75, 3.05) is 5.32 Å². The third kappa shape index (κ3) is 4.77. The largest absolute Gasteiger partial charge is 0.325 e. The number of hydrogen-bond donors (Lipinski definition) is 1. The number of benzene rings is 3. The van der Waals surface area contributed by atoms with E-state index in [1.54, 1.807) is 48.5 Å². The van der Waals surface area contributed by atoms with Gasteiger partial charge in [0, 0.05) is 17.2 Å². The quantitative estimate of drug-likeness (QED) is 0.415. The zero-order valence-electron chi connectivity index (χ0n) is 16.8. The lowest BCUT2D eigenvalue weighted by Crippen LogP contribution is -2.39. The summed E-state index contributed by atoms with van der Waals surface area (Å²) in [6.45, 7) is 0. The van der Waals surface area contributed by atoms with Gasteiger partial charge in [0.05, 0.1) is 5.92 Å². The number of carbonyl (C=O) groups excluding carboxylic acids is 3. The summed E-state index contributed by atoms with van der Waals surface area (Å²) < 4.78 is 13.4. The van der Waals surface area contributed by atoms with Crippen LogP contribution in [0, 0.1) is 17.7 Å². The molecular formula is C26H22FNO3. The SMILES string of the molecule is O=C(Nc1ccccc1)C(C(=O)C1CC1)C(C(=O)c1ccc(F)cc1)c1ccccc1. The summed E-state index contributed by atoms with van der Waals surface area (Å²) in [6.07, 6.45) is 1.44. The summed E-state index contributed by atoms with van der Waals surface area (Å²) in [5, 5.41) is 2.80. The van der Waals surface area contributed by atoms with Gasteiger partial charge >= 0.3 is 0 Å². The summed E-state index contributed by atoms with van der Waals surface area (Å²) in [6, 6.07) is 22.9. The van der Waals surface area contributed by atoms with Crippen molar-refractivity contribution in [1.29, 1.82) is 0 Å². The number of hydrogen-bond acceptors (Lipinski definition) is 3. The summed E-state index contributed by atoms with van der Waals surface area (Å²) >= 11 is 0. The summed E-state index contributed by atoms with van der Waals surface area (Å²) in [4.78, 5) is 40.2. The van der Waals surface area contributed by atoms with Gasteiger partial charge in [-0.25, -0.2) is 4.39 Å². The molecule has 4 nitrogen and oxygen atoms in total. The normalized spacial score (nSPS) is 15.0. The van der Waals surface area contributed by atoms with Crippen LogP contribution in [0.4, 0.5) is 10.1 Å². The lowest BCUT2D eigenvalue weighted by molar-refractivity contribution is -0.132. The Balaban J connectivity index is 1.75. The van der Waals surface area contributed by atoms with Crippen LogP contribution >= 0.6 is 0 Å². The van der Waals surface area contributed by atoms with E-state index in [0.717, 1.165) is 12.8 Å². The van der Waals surface area contributed by atoms with E-state index in [1.807, 2.05) is 12.1 Å². The molecular weight excluding hydrogens is 393 g/mol. The van der Waals surface area contributed by atoms with Gasteiger partial charge < -0.3 is 5.32 Å². The van der Waals surface area contributed by atoms with E-state index in [-0.39, 0.29) is 23.0 Å². The zero-order valence-corrected chi connectivity index (χ0v) is 16.8. The Hall–Kier alpha value is -3.60. The Labute approximate surface area is 180 Å². The molecule has 0 bridgehead atoms. The standard InChI is InChI=1S/C26H22FNO3/c27-20-15-13-19(14-16-20)24(29)22(17-7-3-1-4-8-17)23(25(30)18-11-12-18)26(31)28-21-9-5-2-6-10-21/h1-10,13-16,18,22-23H,11-12H2,(H,28,31). The zero-order chi connectivity index (χ0) is 21.8. The Morgan fingerprint density at radius 2 is 1.39 bits per heavy atom. The van der Waals surface area contributed by atoms with E-state index in [4.69, 9.17) is 0 Å². The number of para-hydroxylation sites is 1. The molecule has 0 radical (unpaired) electrons. The highest BCUT2D eigenvalue weighted by Gasteiger charge is 2.45. The van der Waals surface area contributed by atoms with Crippen molar-refractivity contribution in [3.63, 3.8) is 0 Å². The number of ketones is 2. The number of nitrogens with one attached hydrogen (secondary N) is 1. The maximum atomic E-state index is 13.5. The monoisotopic (exact) mass is 415 g/mol. The van der Waals surface area contributed by atoms with Crippen molar-refractivity contribution in [3.8, 4) is 0 Å². The molecule has 0 spiro atoms. The Bertz CT molecular complexity index is 1080. The van der Waals surface area contributed by atoms with Crippen LogP contribution in [0.2, 0.25) is 0 Å². The first-order chi connectivity index (χ1) is 15.0. The summed E-state index contributed by atoms with van der Waals surface area (Å²) in [5.74, 6) is -3.95. The van der Waals surface area contributed by atoms with E-state index in [2.05, 4.69) is 5.32 Å². The molecule has 1 amide bonds. The molecule has 1 N–H and O–H groups in total. The third-order valence-corrected chi connectivity index (χ3v) is 5.51. The van der Waals surface area contributed by atoms with Crippen molar-refractivity contribution in [2.24, 2.45) is 11.8 Å². The van der Waals surface area contributed by atoms with Crippen LogP contribution in [-0.2, 0) is 9.59 Å². The Kier molecular flexibility index (Phi) is 6.03. The second-order valence-corrected chi connectivity index (χ2v) is 7.77. The van der Waals surface area contributed by atoms with Crippen molar-refractivity contribution in [3.05, 3.63) is 102 Å². The first kappa shape index (κ1) is 20.7. The molecule has 31 heavy (non-hydrogen) atoms. The van der Waals surface area contributed by atoms with Crippen molar-refractivity contribution < 1.29 is 18.8 Å². The minimum Gasteiger partial charge on any atom is -0.325 e. The highest BCUT2D eigenvalue weighted by Crippen LogP contribution is 2.39. The number of Topliss-reactive ketones (excluding diaryl/α,β-unsaturated/α-hetero) is 2. The van der Waals surface area contributed by atoms with Crippen LogP contribution in [0.25, 0.3) is 0 Å². The van der Waals surface area contributed by atoms with E-state index < -0.39 is 23.6 Å². The molecule has 0 aliphatic heterocycles. The third-order valence-electron chi connectivity index (χ3n) is 5.51. The van der Waals surface area contributed by atoms with E-state index in [0.29, 0.717) is 11.3 Å². The molecule has 5 heteroatoms. The molecule has 4 rings (SSSR count). The molecule has 2 unspecified atom stereocenters. The van der Waals surface area contributed by atoms with Gasteiger partial charge in [-0.15, -0.1) is 0 Å². The molecule has 156 valence electrons. The molecule has 0 saturated heterocycles. The van der Waals surface area contributed by atoms with Crippen molar-refractivity contribution in [1.82, 2.24) is 0 Å². The van der Waals surface area contributed by atoms with Crippen LogP contribution in [0.3, 0.4) is 0 Å². The van der Waals surface area contributed by atoms with Crippen LogP contribution in [0.5, 0.6) is 0 Å². The number of anilines is 1. The van der Waals surface area contributed by atoms with Gasteiger partial charge in [0.1, 0.15) is 17.5 Å². The van der Waals surface area contributed by atoms with Gasteiger partial charge in [0.15, 0.2) is 5.78 Å². The first-order valence-electron chi connectivity index (χ1n) is 10.3. The Morgan fingerprint density at radius 3 is 1.97 bits per heavy atom. The maximum absolute atomic E-state index is 13.5. The molecule has 2 atom stereocenters. The molecule has 1 saturated carbocycles. The molecule has 1 fully saturated rings. The topological polar surface area (TPSA) is 63.2 Å². The average Bonchev–Trinajstić information content (AvgIpc) is 3.64. The van der Waals surface area contributed by atoms with Gasteiger partial charge in [0.2, 0.25) is 5.91 Å². The van der Waals surface area contributed by atoms with Crippen LogP contribution < -0.4 is 5.32 Å². The van der Waals surface area contributed by atoms with Gasteiger partial charge in [-0.3, -0.25) is 14.4 Å². The predicted octanol–water partition coefficient (Wildman–Crippen LogP) is 5.03. The molecule has 1 aliphatic rings. The smallest absolute Gasteiger partial charge is 0.236 e. The van der Waals surface area contributed by atoms with Gasteiger partial charge in [0.25, 0.3) is 0 Å². The minimum absolute atomic E-state index is 0.209. The number of carbonyl (C=O) groups is 3. The first-order valence-corrected chi connectivity index (χ1v) is 10.3. The second kappa shape index (κ2) is 9.04. The lowest BCUT2D eigenvalue weighted by Gasteiger charge is -2.25. The lowest BCUT2D eigenvalue weighted by atomic mass is 9.76. The fraction of sp³-hybridized carbons (Fsp3) is 0.192.